The van der Waals surface area contributed by atoms with Crippen LogP contribution in [0.2, 0.25) is 0 Å². The minimum atomic E-state index is -4.16. The third-order valence-electron chi connectivity index (χ3n) is 4.38. The van der Waals surface area contributed by atoms with E-state index in [1.165, 1.54) is 18.2 Å². The number of hydrogen-bond donors (Lipinski definition) is 1. The maximum Gasteiger partial charge on any atom is 0.342 e. The van der Waals surface area contributed by atoms with Crippen LogP contribution in [0, 0.1) is 13.8 Å². The van der Waals surface area contributed by atoms with E-state index in [9.17, 15) is 18.0 Å². The Kier molecular flexibility index (Phi) is 8.00. The molecule has 0 saturated carbocycles. The molecular formula is C22H27NO6S. The lowest BCUT2D eigenvalue weighted by Gasteiger charge is -2.14. The Labute approximate surface area is 177 Å². The average Bonchev–Trinajstić information content (AvgIpc) is 2.68. The Hall–Kier alpha value is -2.87. The molecule has 0 aromatic heterocycles. The molecule has 0 unspecified atom stereocenters. The zero-order valence-electron chi connectivity index (χ0n) is 17.6. The van der Waals surface area contributed by atoms with Gasteiger partial charge in [-0.05, 0) is 56.5 Å². The van der Waals surface area contributed by atoms with Gasteiger partial charge in [-0.1, -0.05) is 37.6 Å². The molecule has 0 heterocycles. The van der Waals surface area contributed by atoms with E-state index < -0.39 is 28.6 Å². The van der Waals surface area contributed by atoms with Crippen molar-refractivity contribution in [2.75, 3.05) is 6.61 Å². The highest BCUT2D eigenvalue weighted by Crippen LogP contribution is 2.25. The number of benzene rings is 2. The Morgan fingerprint density at radius 2 is 1.80 bits per heavy atom. The van der Waals surface area contributed by atoms with Gasteiger partial charge < -0.3 is 14.2 Å². The van der Waals surface area contributed by atoms with E-state index in [1.807, 2.05) is 13.8 Å². The SMILES string of the molecule is CCC[C@@H](C)NC(=O)COC(=O)c1ccccc1OS(=O)(=O)c1cc(C)ccc1C. The molecule has 7 nitrogen and oxygen atoms in total. The van der Waals surface area contributed by atoms with E-state index in [4.69, 9.17) is 8.92 Å². The Morgan fingerprint density at radius 3 is 2.50 bits per heavy atom. The topological polar surface area (TPSA) is 98.8 Å². The zero-order valence-corrected chi connectivity index (χ0v) is 18.4. The maximum atomic E-state index is 12.8. The van der Waals surface area contributed by atoms with Gasteiger partial charge in [-0.25, -0.2) is 4.79 Å². The average molecular weight is 434 g/mol. The lowest BCUT2D eigenvalue weighted by atomic mass is 10.2. The molecule has 1 amide bonds. The van der Waals surface area contributed by atoms with E-state index in [0.717, 1.165) is 18.4 Å². The summed E-state index contributed by atoms with van der Waals surface area (Å²) in [7, 11) is -4.16. The van der Waals surface area contributed by atoms with Crippen molar-refractivity contribution in [3.05, 3.63) is 59.2 Å². The third kappa shape index (κ3) is 6.32. The van der Waals surface area contributed by atoms with Gasteiger partial charge in [0.15, 0.2) is 12.4 Å². The number of esters is 1. The quantitative estimate of drug-likeness (QED) is 0.480. The van der Waals surface area contributed by atoms with Crippen molar-refractivity contribution in [3.63, 3.8) is 0 Å². The molecule has 162 valence electrons. The predicted molar refractivity (Wildman–Crippen MR) is 113 cm³/mol. The van der Waals surface area contributed by atoms with Crippen molar-refractivity contribution < 1.29 is 26.9 Å². The molecule has 2 rings (SSSR count). The fourth-order valence-electron chi connectivity index (χ4n) is 2.88. The van der Waals surface area contributed by atoms with Crippen molar-refractivity contribution in [2.24, 2.45) is 0 Å². The fourth-order valence-corrected chi connectivity index (χ4v) is 4.14. The molecule has 0 aliphatic heterocycles. The molecule has 0 radical (unpaired) electrons. The summed E-state index contributed by atoms with van der Waals surface area (Å²) >= 11 is 0. The molecule has 0 spiro atoms. The van der Waals surface area contributed by atoms with E-state index in [2.05, 4.69) is 5.32 Å². The van der Waals surface area contributed by atoms with Gasteiger partial charge in [0.2, 0.25) is 0 Å². The van der Waals surface area contributed by atoms with Crippen LogP contribution in [-0.4, -0.2) is 32.9 Å². The standard InChI is InChI=1S/C22H27NO6S/c1-5-8-17(4)23-21(24)14-28-22(25)18-9-6-7-10-19(18)29-30(26,27)20-13-15(2)11-12-16(20)3/h6-7,9-13,17H,5,8,14H2,1-4H3,(H,23,24)/t17-/m1/s1. The monoisotopic (exact) mass is 433 g/mol. The van der Waals surface area contributed by atoms with E-state index in [0.29, 0.717) is 5.56 Å². The predicted octanol–water partition coefficient (Wildman–Crippen LogP) is 3.53. The lowest BCUT2D eigenvalue weighted by Crippen LogP contribution is -2.35. The highest BCUT2D eigenvalue weighted by atomic mass is 32.2. The van der Waals surface area contributed by atoms with Gasteiger partial charge in [0.25, 0.3) is 5.91 Å². The molecule has 0 bridgehead atoms. The van der Waals surface area contributed by atoms with Crippen LogP contribution in [0.25, 0.3) is 0 Å². The van der Waals surface area contributed by atoms with Crippen LogP contribution in [0.5, 0.6) is 5.75 Å². The highest BCUT2D eigenvalue weighted by Gasteiger charge is 2.24. The van der Waals surface area contributed by atoms with E-state index in [1.54, 1.807) is 38.1 Å². The van der Waals surface area contributed by atoms with Crippen LogP contribution < -0.4 is 9.50 Å². The molecule has 8 heteroatoms. The van der Waals surface area contributed by atoms with Gasteiger partial charge in [-0.3, -0.25) is 4.79 Å². The molecule has 0 aliphatic rings. The van der Waals surface area contributed by atoms with E-state index in [-0.39, 0.29) is 22.3 Å². The van der Waals surface area contributed by atoms with Crippen molar-refractivity contribution in [3.8, 4) is 5.75 Å². The number of para-hydroxylation sites is 1. The number of carbonyl (C=O) groups excluding carboxylic acids is 2. The number of ether oxygens (including phenoxy) is 1. The summed E-state index contributed by atoms with van der Waals surface area (Å²) < 4.78 is 35.8. The minimum absolute atomic E-state index is 0.0231. The Balaban J connectivity index is 2.15. The van der Waals surface area contributed by atoms with Gasteiger partial charge in [0, 0.05) is 6.04 Å². The maximum absolute atomic E-state index is 12.8. The normalized spacial score (nSPS) is 12.1. The van der Waals surface area contributed by atoms with Crippen molar-refractivity contribution in [1.82, 2.24) is 5.32 Å². The van der Waals surface area contributed by atoms with Gasteiger partial charge in [0.1, 0.15) is 10.5 Å². The first-order chi connectivity index (χ1) is 14.1. The van der Waals surface area contributed by atoms with Crippen LogP contribution in [0.4, 0.5) is 0 Å². The molecule has 0 aliphatic carbocycles. The second-order valence-corrected chi connectivity index (χ2v) is 8.65. The van der Waals surface area contributed by atoms with Gasteiger partial charge in [0.05, 0.1) is 0 Å². The minimum Gasteiger partial charge on any atom is -0.452 e. The number of aryl methyl sites for hydroxylation is 2. The first-order valence-electron chi connectivity index (χ1n) is 9.71. The Morgan fingerprint density at radius 1 is 1.10 bits per heavy atom. The molecular weight excluding hydrogens is 406 g/mol. The molecule has 0 fully saturated rings. The van der Waals surface area contributed by atoms with Crippen molar-refractivity contribution in [1.29, 1.82) is 0 Å². The summed E-state index contributed by atoms with van der Waals surface area (Å²) in [6.07, 6.45) is 1.73. The second kappa shape index (κ2) is 10.2. The zero-order chi connectivity index (χ0) is 22.3. The summed E-state index contributed by atoms with van der Waals surface area (Å²) in [5.41, 5.74) is 1.21. The molecule has 1 N–H and O–H groups in total. The van der Waals surface area contributed by atoms with Crippen LogP contribution in [-0.2, 0) is 19.6 Å². The smallest absolute Gasteiger partial charge is 0.342 e. The van der Waals surface area contributed by atoms with Crippen LogP contribution in [0.1, 0.15) is 48.2 Å². The number of carbonyl (C=O) groups is 2. The second-order valence-electron chi connectivity index (χ2n) is 7.14. The fraction of sp³-hybridized carbons (Fsp3) is 0.364. The number of hydrogen-bond acceptors (Lipinski definition) is 6. The van der Waals surface area contributed by atoms with Gasteiger partial charge in [-0.15, -0.1) is 0 Å². The molecule has 1 atom stereocenters. The van der Waals surface area contributed by atoms with Gasteiger partial charge in [-0.2, -0.15) is 8.42 Å². The summed E-state index contributed by atoms with van der Waals surface area (Å²) in [6, 6.07) is 10.8. The Bertz CT molecular complexity index is 1020. The third-order valence-corrected chi connectivity index (χ3v) is 5.76. The van der Waals surface area contributed by atoms with Crippen molar-refractivity contribution >= 4 is 22.0 Å². The molecule has 30 heavy (non-hydrogen) atoms. The molecule has 0 saturated heterocycles. The largest absolute Gasteiger partial charge is 0.452 e. The van der Waals surface area contributed by atoms with E-state index >= 15 is 0 Å². The lowest BCUT2D eigenvalue weighted by molar-refractivity contribution is -0.124. The molecule has 2 aromatic carbocycles. The number of amides is 1. The first-order valence-corrected chi connectivity index (χ1v) is 11.1. The summed E-state index contributed by atoms with van der Waals surface area (Å²) in [5, 5.41) is 2.73. The van der Waals surface area contributed by atoms with Crippen LogP contribution >= 0.6 is 0 Å². The number of rotatable bonds is 9. The summed E-state index contributed by atoms with van der Waals surface area (Å²) in [4.78, 5) is 24.4. The molecule has 2 aromatic rings. The van der Waals surface area contributed by atoms with Gasteiger partial charge >= 0.3 is 16.1 Å². The summed E-state index contributed by atoms with van der Waals surface area (Å²) in [6.45, 7) is 6.84. The highest BCUT2D eigenvalue weighted by molar-refractivity contribution is 7.87. The first kappa shape index (κ1) is 23.4. The van der Waals surface area contributed by atoms with Crippen LogP contribution in [0.15, 0.2) is 47.4 Å². The van der Waals surface area contributed by atoms with Crippen LogP contribution in [0.3, 0.4) is 0 Å². The summed E-state index contributed by atoms with van der Waals surface area (Å²) in [5.74, 6) is -1.44. The number of nitrogens with one attached hydrogen (secondary N) is 1. The van der Waals surface area contributed by atoms with Crippen molar-refractivity contribution in [2.45, 2.75) is 51.5 Å².